The molecule has 0 saturated carbocycles. The monoisotopic (exact) mass is 272 g/mol. The van der Waals surface area contributed by atoms with Crippen LogP contribution in [-0.2, 0) is 9.53 Å². The standard InChI is InChI=1S/C11H13ClN2O2S/c12-7-1-2-9(13)10(3-7)14-11(15)6-17-8-4-16-5-8/h1-3,8H,4-6,13H2,(H,14,15). The van der Waals surface area contributed by atoms with Gasteiger partial charge in [0.25, 0.3) is 0 Å². The molecule has 0 spiro atoms. The predicted octanol–water partition coefficient (Wildman–Crippen LogP) is 1.99. The molecular weight excluding hydrogens is 260 g/mol. The molecule has 6 heteroatoms. The van der Waals surface area contributed by atoms with Crippen LogP contribution in [0.25, 0.3) is 0 Å². The van der Waals surface area contributed by atoms with Crippen LogP contribution in [0, 0.1) is 0 Å². The highest BCUT2D eigenvalue weighted by atomic mass is 35.5. The number of rotatable bonds is 4. The first kappa shape index (κ1) is 12.5. The number of ether oxygens (including phenoxy) is 1. The van der Waals surface area contributed by atoms with Gasteiger partial charge in [-0.25, -0.2) is 0 Å². The molecule has 17 heavy (non-hydrogen) atoms. The third-order valence-electron chi connectivity index (χ3n) is 2.35. The Kier molecular flexibility index (Phi) is 4.15. The van der Waals surface area contributed by atoms with Crippen molar-refractivity contribution in [2.24, 2.45) is 0 Å². The largest absolute Gasteiger partial charge is 0.397 e. The van der Waals surface area contributed by atoms with Crippen molar-refractivity contribution in [3.8, 4) is 0 Å². The molecule has 0 atom stereocenters. The van der Waals surface area contributed by atoms with Gasteiger partial charge in [0.05, 0.1) is 35.6 Å². The molecule has 1 aromatic carbocycles. The summed E-state index contributed by atoms with van der Waals surface area (Å²) in [6.07, 6.45) is 0. The normalized spacial score (nSPS) is 15.4. The lowest BCUT2D eigenvalue weighted by Crippen LogP contribution is -2.32. The van der Waals surface area contributed by atoms with E-state index in [-0.39, 0.29) is 5.91 Å². The molecule has 1 amide bonds. The molecule has 1 aliphatic heterocycles. The van der Waals surface area contributed by atoms with E-state index in [2.05, 4.69) is 5.32 Å². The summed E-state index contributed by atoms with van der Waals surface area (Å²) >= 11 is 7.42. The predicted molar refractivity (Wildman–Crippen MR) is 71.6 cm³/mol. The minimum absolute atomic E-state index is 0.0733. The second kappa shape index (κ2) is 5.62. The fourth-order valence-electron chi connectivity index (χ4n) is 1.33. The summed E-state index contributed by atoms with van der Waals surface area (Å²) in [5.41, 5.74) is 6.81. The molecule has 0 radical (unpaired) electrons. The average molecular weight is 273 g/mol. The summed E-state index contributed by atoms with van der Waals surface area (Å²) < 4.78 is 5.03. The topological polar surface area (TPSA) is 64.3 Å². The lowest BCUT2D eigenvalue weighted by Gasteiger charge is -2.24. The maximum atomic E-state index is 11.6. The highest BCUT2D eigenvalue weighted by molar-refractivity contribution is 8.00. The maximum absolute atomic E-state index is 11.6. The fourth-order valence-corrected chi connectivity index (χ4v) is 2.34. The number of amides is 1. The minimum atomic E-state index is -0.0733. The molecule has 3 N–H and O–H groups in total. The molecule has 1 heterocycles. The summed E-state index contributed by atoms with van der Waals surface area (Å²) in [4.78, 5) is 11.6. The first-order valence-electron chi connectivity index (χ1n) is 5.19. The van der Waals surface area contributed by atoms with Gasteiger partial charge in [-0.15, -0.1) is 11.8 Å². The van der Waals surface area contributed by atoms with E-state index < -0.39 is 0 Å². The zero-order valence-corrected chi connectivity index (χ0v) is 10.7. The summed E-state index contributed by atoms with van der Waals surface area (Å²) in [5.74, 6) is 0.329. The molecule has 1 aromatic rings. The molecule has 92 valence electrons. The minimum Gasteiger partial charge on any atom is -0.397 e. The number of carbonyl (C=O) groups is 1. The fraction of sp³-hybridized carbons (Fsp3) is 0.364. The number of benzene rings is 1. The molecule has 1 fully saturated rings. The SMILES string of the molecule is Nc1ccc(Cl)cc1NC(=O)CSC1COC1. The Bertz CT molecular complexity index is 424. The Morgan fingerprint density at radius 1 is 1.59 bits per heavy atom. The quantitative estimate of drug-likeness (QED) is 0.823. The van der Waals surface area contributed by atoms with E-state index in [4.69, 9.17) is 22.1 Å². The van der Waals surface area contributed by atoms with Crippen molar-refractivity contribution in [2.75, 3.05) is 30.0 Å². The van der Waals surface area contributed by atoms with Crippen LogP contribution >= 0.6 is 23.4 Å². The number of anilines is 2. The number of nitrogen functional groups attached to an aromatic ring is 1. The van der Waals surface area contributed by atoms with E-state index in [0.29, 0.717) is 27.4 Å². The van der Waals surface area contributed by atoms with E-state index in [0.717, 1.165) is 13.2 Å². The maximum Gasteiger partial charge on any atom is 0.234 e. The number of thioether (sulfide) groups is 1. The van der Waals surface area contributed by atoms with Crippen molar-refractivity contribution >= 4 is 40.6 Å². The molecule has 4 nitrogen and oxygen atoms in total. The average Bonchev–Trinajstić information content (AvgIpc) is 2.21. The third kappa shape index (κ3) is 3.52. The van der Waals surface area contributed by atoms with Gasteiger partial charge in [-0.2, -0.15) is 0 Å². The van der Waals surface area contributed by atoms with Gasteiger partial charge in [-0.3, -0.25) is 4.79 Å². The molecule has 1 aliphatic rings. The first-order chi connectivity index (χ1) is 8.15. The van der Waals surface area contributed by atoms with E-state index >= 15 is 0 Å². The number of halogens is 1. The highest BCUT2D eigenvalue weighted by Crippen LogP contribution is 2.24. The molecule has 0 unspecified atom stereocenters. The van der Waals surface area contributed by atoms with E-state index in [1.807, 2.05) is 0 Å². The molecule has 1 saturated heterocycles. The number of nitrogens with one attached hydrogen (secondary N) is 1. The molecule has 0 aliphatic carbocycles. The Balaban J connectivity index is 1.86. The van der Waals surface area contributed by atoms with Crippen LogP contribution in [0.4, 0.5) is 11.4 Å². The Labute approximate surface area is 109 Å². The number of nitrogens with two attached hydrogens (primary N) is 1. The van der Waals surface area contributed by atoms with Crippen molar-refractivity contribution in [1.29, 1.82) is 0 Å². The van der Waals surface area contributed by atoms with Gasteiger partial charge in [0.2, 0.25) is 5.91 Å². The Morgan fingerprint density at radius 2 is 2.35 bits per heavy atom. The smallest absolute Gasteiger partial charge is 0.234 e. The van der Waals surface area contributed by atoms with Crippen LogP contribution in [-0.4, -0.2) is 30.1 Å². The van der Waals surface area contributed by atoms with Gasteiger partial charge in [0, 0.05) is 5.02 Å². The molecule has 0 bridgehead atoms. The van der Waals surface area contributed by atoms with Crippen LogP contribution < -0.4 is 11.1 Å². The van der Waals surface area contributed by atoms with E-state index in [1.54, 1.807) is 30.0 Å². The lowest BCUT2D eigenvalue weighted by atomic mass is 10.2. The zero-order chi connectivity index (χ0) is 12.3. The van der Waals surface area contributed by atoms with E-state index in [9.17, 15) is 4.79 Å². The van der Waals surface area contributed by atoms with E-state index in [1.165, 1.54) is 0 Å². The van der Waals surface area contributed by atoms with Crippen molar-refractivity contribution in [3.63, 3.8) is 0 Å². The van der Waals surface area contributed by atoms with Crippen molar-refractivity contribution in [2.45, 2.75) is 5.25 Å². The number of hydrogen-bond donors (Lipinski definition) is 2. The molecule has 0 aromatic heterocycles. The lowest BCUT2D eigenvalue weighted by molar-refractivity contribution is -0.113. The number of carbonyl (C=O) groups excluding carboxylic acids is 1. The second-order valence-electron chi connectivity index (χ2n) is 3.75. The van der Waals surface area contributed by atoms with Crippen molar-refractivity contribution in [3.05, 3.63) is 23.2 Å². The Morgan fingerprint density at radius 3 is 3.00 bits per heavy atom. The first-order valence-corrected chi connectivity index (χ1v) is 6.62. The molecular formula is C11H13ClN2O2S. The van der Waals surface area contributed by atoms with Crippen LogP contribution in [0.5, 0.6) is 0 Å². The third-order valence-corrected chi connectivity index (χ3v) is 3.75. The van der Waals surface area contributed by atoms with Crippen LogP contribution in [0.3, 0.4) is 0 Å². The van der Waals surface area contributed by atoms with Gasteiger partial charge >= 0.3 is 0 Å². The number of hydrogen-bond acceptors (Lipinski definition) is 4. The van der Waals surface area contributed by atoms with Crippen LogP contribution in [0.1, 0.15) is 0 Å². The van der Waals surface area contributed by atoms with Crippen LogP contribution in [0.15, 0.2) is 18.2 Å². The van der Waals surface area contributed by atoms with Gasteiger partial charge in [-0.1, -0.05) is 11.6 Å². The molecule has 2 rings (SSSR count). The summed E-state index contributed by atoms with van der Waals surface area (Å²) in [5, 5.41) is 3.74. The van der Waals surface area contributed by atoms with Gasteiger partial charge in [-0.05, 0) is 18.2 Å². The Hall–Kier alpha value is -0.910. The summed E-state index contributed by atoms with van der Waals surface area (Å²) in [7, 11) is 0. The summed E-state index contributed by atoms with van der Waals surface area (Å²) in [6.45, 7) is 1.47. The van der Waals surface area contributed by atoms with Gasteiger partial charge in [0.15, 0.2) is 0 Å². The van der Waals surface area contributed by atoms with Crippen molar-refractivity contribution in [1.82, 2.24) is 0 Å². The van der Waals surface area contributed by atoms with Gasteiger partial charge in [0.1, 0.15) is 0 Å². The van der Waals surface area contributed by atoms with Crippen molar-refractivity contribution < 1.29 is 9.53 Å². The zero-order valence-electron chi connectivity index (χ0n) is 9.11. The summed E-state index contributed by atoms with van der Waals surface area (Å²) in [6, 6.07) is 5.00. The van der Waals surface area contributed by atoms with Crippen LogP contribution in [0.2, 0.25) is 5.02 Å². The highest BCUT2D eigenvalue weighted by Gasteiger charge is 2.19. The van der Waals surface area contributed by atoms with Gasteiger partial charge < -0.3 is 15.8 Å². The second-order valence-corrected chi connectivity index (χ2v) is 5.48.